The SMILES string of the molecule is Cc1ncnc(C)c1C(=O)NCc1cccc(CN(Cc2cnco2)C2CCCc3cccnc32)c1. The van der Waals surface area contributed by atoms with Gasteiger partial charge in [-0.1, -0.05) is 30.3 Å². The van der Waals surface area contributed by atoms with Gasteiger partial charge in [0.25, 0.3) is 5.91 Å². The van der Waals surface area contributed by atoms with E-state index in [2.05, 4.69) is 43.4 Å². The molecule has 184 valence electrons. The Kier molecular flexibility index (Phi) is 7.13. The minimum Gasteiger partial charge on any atom is -0.447 e. The number of aromatic nitrogens is 4. The number of nitrogens with zero attached hydrogens (tertiary/aromatic N) is 5. The van der Waals surface area contributed by atoms with Crippen LogP contribution in [0.25, 0.3) is 0 Å². The van der Waals surface area contributed by atoms with Crippen molar-refractivity contribution >= 4 is 5.91 Å². The zero-order valence-corrected chi connectivity index (χ0v) is 20.6. The lowest BCUT2D eigenvalue weighted by molar-refractivity contribution is 0.0948. The van der Waals surface area contributed by atoms with E-state index >= 15 is 0 Å². The molecule has 1 N–H and O–H groups in total. The van der Waals surface area contributed by atoms with Gasteiger partial charge in [-0.2, -0.15) is 0 Å². The van der Waals surface area contributed by atoms with Gasteiger partial charge in [-0.05, 0) is 55.9 Å². The highest BCUT2D eigenvalue weighted by Gasteiger charge is 2.28. The molecule has 0 saturated heterocycles. The molecule has 1 aliphatic rings. The molecule has 0 aliphatic heterocycles. The first-order valence-electron chi connectivity index (χ1n) is 12.3. The van der Waals surface area contributed by atoms with Crippen molar-refractivity contribution < 1.29 is 9.21 Å². The molecule has 3 aromatic heterocycles. The number of rotatable bonds is 8. The molecule has 4 aromatic rings. The van der Waals surface area contributed by atoms with Crippen LogP contribution in [-0.4, -0.2) is 30.7 Å². The van der Waals surface area contributed by atoms with Crippen LogP contribution in [0.3, 0.4) is 0 Å². The van der Waals surface area contributed by atoms with Gasteiger partial charge in [-0.3, -0.25) is 14.7 Å². The van der Waals surface area contributed by atoms with Crippen molar-refractivity contribution in [2.24, 2.45) is 0 Å². The van der Waals surface area contributed by atoms with Gasteiger partial charge >= 0.3 is 0 Å². The third-order valence-electron chi connectivity index (χ3n) is 6.73. The van der Waals surface area contributed by atoms with Crippen LogP contribution in [0.15, 0.2) is 65.9 Å². The molecule has 1 aromatic carbocycles. The highest BCUT2D eigenvalue weighted by molar-refractivity contribution is 5.96. The van der Waals surface area contributed by atoms with Crippen LogP contribution in [0.1, 0.15) is 68.8 Å². The summed E-state index contributed by atoms with van der Waals surface area (Å²) in [6.07, 6.45) is 9.86. The van der Waals surface area contributed by atoms with E-state index in [-0.39, 0.29) is 11.9 Å². The fourth-order valence-electron chi connectivity index (χ4n) is 5.00. The molecule has 0 fully saturated rings. The number of pyridine rings is 1. The van der Waals surface area contributed by atoms with Gasteiger partial charge in [-0.25, -0.2) is 15.0 Å². The highest BCUT2D eigenvalue weighted by Crippen LogP contribution is 2.34. The van der Waals surface area contributed by atoms with Crippen molar-refractivity contribution in [2.45, 2.75) is 58.8 Å². The Balaban J connectivity index is 1.33. The number of carbonyl (C=O) groups is 1. The van der Waals surface area contributed by atoms with Gasteiger partial charge < -0.3 is 9.73 Å². The number of fused-ring (bicyclic) bond motifs is 1. The quantitative estimate of drug-likeness (QED) is 0.395. The van der Waals surface area contributed by atoms with Gasteiger partial charge in [0.2, 0.25) is 0 Å². The van der Waals surface area contributed by atoms with Gasteiger partial charge in [0.05, 0.1) is 41.4 Å². The molecule has 0 radical (unpaired) electrons. The van der Waals surface area contributed by atoms with E-state index in [9.17, 15) is 4.79 Å². The summed E-state index contributed by atoms with van der Waals surface area (Å²) in [4.78, 5) is 32.4. The molecule has 3 heterocycles. The molecule has 1 unspecified atom stereocenters. The average Bonchev–Trinajstić information content (AvgIpc) is 3.40. The summed E-state index contributed by atoms with van der Waals surface area (Å²) < 4.78 is 5.60. The third-order valence-corrected chi connectivity index (χ3v) is 6.73. The van der Waals surface area contributed by atoms with Crippen LogP contribution in [0.4, 0.5) is 0 Å². The number of oxazole rings is 1. The van der Waals surface area contributed by atoms with Crippen LogP contribution in [0.2, 0.25) is 0 Å². The fourth-order valence-corrected chi connectivity index (χ4v) is 5.00. The van der Waals surface area contributed by atoms with E-state index in [1.807, 2.05) is 38.2 Å². The van der Waals surface area contributed by atoms with Crippen LogP contribution in [0.5, 0.6) is 0 Å². The Morgan fingerprint density at radius 2 is 1.92 bits per heavy atom. The second kappa shape index (κ2) is 10.8. The molecular formula is C28H30N6O2. The number of aryl methyl sites for hydroxylation is 3. The molecule has 36 heavy (non-hydrogen) atoms. The Morgan fingerprint density at radius 1 is 1.08 bits per heavy atom. The van der Waals surface area contributed by atoms with Gasteiger partial charge in [0, 0.05) is 19.3 Å². The maximum absolute atomic E-state index is 12.8. The summed E-state index contributed by atoms with van der Waals surface area (Å²) in [5.74, 6) is 0.671. The Labute approximate surface area is 210 Å². The second-order valence-electron chi connectivity index (χ2n) is 9.25. The number of carbonyl (C=O) groups excluding carboxylic acids is 1. The molecule has 1 atom stereocenters. The summed E-state index contributed by atoms with van der Waals surface area (Å²) in [7, 11) is 0. The highest BCUT2D eigenvalue weighted by atomic mass is 16.3. The minimum absolute atomic E-state index is 0.159. The number of hydrogen-bond donors (Lipinski definition) is 1. The molecule has 5 rings (SSSR count). The minimum atomic E-state index is -0.159. The topological polar surface area (TPSA) is 97.0 Å². The van der Waals surface area contributed by atoms with E-state index in [0.29, 0.717) is 30.0 Å². The van der Waals surface area contributed by atoms with Crippen molar-refractivity contribution in [3.8, 4) is 0 Å². The number of benzene rings is 1. The summed E-state index contributed by atoms with van der Waals surface area (Å²) in [5.41, 5.74) is 6.58. The summed E-state index contributed by atoms with van der Waals surface area (Å²) in [6, 6.07) is 12.8. The molecule has 0 bridgehead atoms. The van der Waals surface area contributed by atoms with Crippen molar-refractivity contribution in [3.05, 3.63) is 107 Å². The molecular weight excluding hydrogens is 452 g/mol. The van der Waals surface area contributed by atoms with Crippen LogP contribution in [-0.2, 0) is 26.1 Å². The van der Waals surface area contributed by atoms with Gasteiger partial charge in [0.15, 0.2) is 6.39 Å². The van der Waals surface area contributed by atoms with E-state index in [1.165, 1.54) is 23.8 Å². The van der Waals surface area contributed by atoms with E-state index < -0.39 is 0 Å². The Hall–Kier alpha value is -3.91. The average molecular weight is 483 g/mol. The van der Waals surface area contributed by atoms with Crippen LogP contribution < -0.4 is 5.32 Å². The summed E-state index contributed by atoms with van der Waals surface area (Å²) in [6.45, 7) is 5.45. The van der Waals surface area contributed by atoms with Gasteiger partial charge in [-0.15, -0.1) is 0 Å². The molecule has 1 aliphatic carbocycles. The van der Waals surface area contributed by atoms with Crippen molar-refractivity contribution in [2.75, 3.05) is 0 Å². The first kappa shape index (κ1) is 23.8. The summed E-state index contributed by atoms with van der Waals surface area (Å²) >= 11 is 0. The number of hydrogen-bond acceptors (Lipinski definition) is 7. The lowest BCUT2D eigenvalue weighted by Gasteiger charge is -2.34. The second-order valence-corrected chi connectivity index (χ2v) is 9.25. The van der Waals surface area contributed by atoms with E-state index in [4.69, 9.17) is 9.40 Å². The normalized spacial score (nSPS) is 15.0. The van der Waals surface area contributed by atoms with Crippen molar-refractivity contribution in [1.82, 2.24) is 30.2 Å². The molecule has 0 saturated carbocycles. The number of nitrogens with one attached hydrogen (secondary N) is 1. The Morgan fingerprint density at radius 3 is 2.72 bits per heavy atom. The Bertz CT molecular complexity index is 1320. The summed E-state index contributed by atoms with van der Waals surface area (Å²) in [5, 5.41) is 3.02. The molecule has 8 nitrogen and oxygen atoms in total. The predicted octanol–water partition coefficient (Wildman–Crippen LogP) is 4.49. The van der Waals surface area contributed by atoms with E-state index in [0.717, 1.165) is 42.8 Å². The largest absolute Gasteiger partial charge is 0.447 e. The maximum atomic E-state index is 12.8. The first-order valence-corrected chi connectivity index (χ1v) is 12.3. The smallest absolute Gasteiger partial charge is 0.255 e. The maximum Gasteiger partial charge on any atom is 0.255 e. The van der Waals surface area contributed by atoms with Crippen molar-refractivity contribution in [3.63, 3.8) is 0 Å². The zero-order valence-electron chi connectivity index (χ0n) is 20.6. The van der Waals surface area contributed by atoms with E-state index in [1.54, 1.807) is 6.20 Å². The third kappa shape index (κ3) is 5.33. The molecule has 1 amide bonds. The predicted molar refractivity (Wildman–Crippen MR) is 135 cm³/mol. The van der Waals surface area contributed by atoms with Gasteiger partial charge in [0.1, 0.15) is 12.1 Å². The van der Waals surface area contributed by atoms with Crippen LogP contribution in [0, 0.1) is 13.8 Å². The lowest BCUT2D eigenvalue weighted by atomic mass is 9.90. The lowest BCUT2D eigenvalue weighted by Crippen LogP contribution is -2.31. The number of amides is 1. The zero-order chi connectivity index (χ0) is 24.9. The first-order chi connectivity index (χ1) is 17.6. The molecule has 8 heteroatoms. The van der Waals surface area contributed by atoms with Crippen LogP contribution >= 0.6 is 0 Å². The fraction of sp³-hybridized carbons (Fsp3) is 0.321. The van der Waals surface area contributed by atoms with Crippen molar-refractivity contribution in [1.29, 1.82) is 0 Å². The monoisotopic (exact) mass is 482 g/mol. The standard InChI is InChI=1S/C28H30N6O2/c1-19-26(20(2)33-17-32-19)28(35)31-13-21-6-3-7-22(12-21)15-34(16-24-14-29-18-36-24)25-10-4-8-23-9-5-11-30-27(23)25/h3,5-7,9,11-12,14,17-18,25H,4,8,10,13,15-16H2,1-2H3,(H,31,35). The molecule has 0 spiro atoms.